The van der Waals surface area contributed by atoms with Gasteiger partial charge < -0.3 is 0 Å². The summed E-state index contributed by atoms with van der Waals surface area (Å²) in [7, 11) is 0. The van der Waals surface area contributed by atoms with Crippen molar-refractivity contribution in [1.29, 1.82) is 0 Å². The Morgan fingerprint density at radius 3 is 1.35 bits per heavy atom. The lowest BCUT2D eigenvalue weighted by Crippen LogP contribution is -2.01. The summed E-state index contributed by atoms with van der Waals surface area (Å²) in [6.45, 7) is 4.66. The largest absolute Gasteiger partial charge is 0.0928 e. The van der Waals surface area contributed by atoms with Crippen molar-refractivity contribution in [3.8, 4) is 0 Å². The third-order valence-electron chi connectivity index (χ3n) is 5.18. The Morgan fingerprint density at radius 1 is 0.478 bits per heavy atom. The molecule has 0 nitrogen and oxygen atoms in total. The molecule has 0 aliphatic rings. The lowest BCUT2D eigenvalue weighted by molar-refractivity contribution is 0.371. The first-order valence-electron chi connectivity index (χ1n) is 10.9. The minimum Gasteiger partial charge on any atom is -0.0928 e. The molecule has 0 aliphatic heterocycles. The van der Waals surface area contributed by atoms with Gasteiger partial charge >= 0.3 is 0 Å². The molecule has 0 radical (unpaired) electrons. The molecule has 0 N–H and O–H groups in total. The summed E-state index contributed by atoms with van der Waals surface area (Å²) in [4.78, 5) is 0. The van der Waals surface area contributed by atoms with Crippen LogP contribution >= 0.6 is 15.9 Å². The summed E-state index contributed by atoms with van der Waals surface area (Å²) >= 11 is 3.51. The molecule has 1 atom stereocenters. The fourth-order valence-corrected chi connectivity index (χ4v) is 3.95. The highest BCUT2D eigenvalue weighted by Gasteiger charge is 2.07. The normalized spacial score (nSPS) is 12.7. The van der Waals surface area contributed by atoms with Gasteiger partial charge in [0.25, 0.3) is 0 Å². The molecule has 1 heteroatoms. The van der Waals surface area contributed by atoms with Crippen LogP contribution in [-0.2, 0) is 0 Å². The van der Waals surface area contributed by atoms with Gasteiger partial charge in [-0.15, -0.1) is 0 Å². The summed E-state index contributed by atoms with van der Waals surface area (Å²) in [5.74, 6) is 1.04. The minimum absolute atomic E-state index is 1.04. The molecule has 1 unspecified atom stereocenters. The lowest BCUT2D eigenvalue weighted by Gasteiger charge is -2.16. The van der Waals surface area contributed by atoms with Crippen LogP contribution in [0.2, 0.25) is 0 Å². The van der Waals surface area contributed by atoms with Crippen molar-refractivity contribution in [2.75, 3.05) is 5.33 Å². The Kier molecular flexibility index (Phi) is 21.0. The lowest BCUT2D eigenvalue weighted by atomic mass is 9.90. The maximum Gasteiger partial charge on any atom is 0.00313 e. The van der Waals surface area contributed by atoms with Gasteiger partial charge in [-0.2, -0.15) is 0 Å². The number of hydrogen-bond acceptors (Lipinski definition) is 0. The zero-order chi connectivity index (χ0) is 17.0. The van der Waals surface area contributed by atoms with Crippen LogP contribution < -0.4 is 0 Å². The van der Waals surface area contributed by atoms with Gasteiger partial charge in [-0.05, 0) is 12.3 Å². The number of alkyl halides is 1. The van der Waals surface area contributed by atoms with Crippen LogP contribution in [0.25, 0.3) is 0 Å². The fourth-order valence-electron chi connectivity index (χ4n) is 3.55. The topological polar surface area (TPSA) is 0 Å². The van der Waals surface area contributed by atoms with Crippen molar-refractivity contribution < 1.29 is 0 Å². The maximum atomic E-state index is 3.51. The SMILES string of the molecule is CCCCCCC(CCCC)CCCCCCCCCCCBr. The van der Waals surface area contributed by atoms with E-state index in [0.717, 1.165) is 5.92 Å². The molecule has 0 amide bonds. The van der Waals surface area contributed by atoms with Crippen LogP contribution in [0.4, 0.5) is 0 Å². The second-order valence-electron chi connectivity index (χ2n) is 7.52. The quantitative estimate of drug-likeness (QED) is 0.153. The van der Waals surface area contributed by atoms with Gasteiger partial charge in [0, 0.05) is 5.33 Å². The third kappa shape index (κ3) is 18.7. The molecule has 0 bridgehead atoms. The minimum atomic E-state index is 1.04. The Balaban J connectivity index is 3.46. The van der Waals surface area contributed by atoms with E-state index in [0.29, 0.717) is 0 Å². The maximum absolute atomic E-state index is 3.51. The number of rotatable bonds is 19. The highest BCUT2D eigenvalue weighted by molar-refractivity contribution is 9.09. The van der Waals surface area contributed by atoms with Crippen LogP contribution in [0.15, 0.2) is 0 Å². The van der Waals surface area contributed by atoms with E-state index in [1.54, 1.807) is 0 Å². The van der Waals surface area contributed by atoms with Gasteiger partial charge in [0.2, 0.25) is 0 Å². The van der Waals surface area contributed by atoms with Crippen molar-refractivity contribution in [2.24, 2.45) is 5.92 Å². The smallest absolute Gasteiger partial charge is 0.00313 e. The first kappa shape index (κ1) is 23.5. The van der Waals surface area contributed by atoms with Gasteiger partial charge in [-0.3, -0.25) is 0 Å². The van der Waals surface area contributed by atoms with E-state index >= 15 is 0 Å². The summed E-state index contributed by atoms with van der Waals surface area (Å²) in [5, 5.41) is 1.19. The standard InChI is InChI=1S/C22H45Br/c1-3-5-7-15-19-22(18-6-4-2)20-16-13-11-9-8-10-12-14-17-21-23/h22H,3-21H2,1-2H3. The van der Waals surface area contributed by atoms with E-state index in [4.69, 9.17) is 0 Å². The van der Waals surface area contributed by atoms with Crippen molar-refractivity contribution in [1.82, 2.24) is 0 Å². The summed E-state index contributed by atoms with van der Waals surface area (Å²) < 4.78 is 0. The Morgan fingerprint density at radius 2 is 0.870 bits per heavy atom. The molecule has 0 aliphatic carbocycles. The summed E-state index contributed by atoms with van der Waals surface area (Å²) in [6, 6.07) is 0. The van der Waals surface area contributed by atoms with Crippen LogP contribution in [0, 0.1) is 5.92 Å². The highest BCUT2D eigenvalue weighted by Crippen LogP contribution is 2.23. The molecule has 0 aromatic carbocycles. The van der Waals surface area contributed by atoms with E-state index in [1.807, 2.05) is 0 Å². The Hall–Kier alpha value is 0.480. The molecule has 0 spiro atoms. The average molecular weight is 390 g/mol. The van der Waals surface area contributed by atoms with Crippen molar-refractivity contribution >= 4 is 15.9 Å². The zero-order valence-electron chi connectivity index (χ0n) is 16.4. The van der Waals surface area contributed by atoms with Crippen LogP contribution in [0.5, 0.6) is 0 Å². The first-order valence-corrected chi connectivity index (χ1v) is 12.0. The van der Waals surface area contributed by atoms with Crippen molar-refractivity contribution in [2.45, 2.75) is 129 Å². The first-order chi connectivity index (χ1) is 11.3. The second-order valence-corrected chi connectivity index (χ2v) is 8.31. The van der Waals surface area contributed by atoms with Crippen LogP contribution in [0.1, 0.15) is 129 Å². The van der Waals surface area contributed by atoms with Crippen LogP contribution in [0.3, 0.4) is 0 Å². The fraction of sp³-hybridized carbons (Fsp3) is 1.00. The predicted molar refractivity (Wildman–Crippen MR) is 112 cm³/mol. The van der Waals surface area contributed by atoms with Crippen molar-refractivity contribution in [3.63, 3.8) is 0 Å². The third-order valence-corrected chi connectivity index (χ3v) is 5.74. The summed E-state index contributed by atoms with van der Waals surface area (Å²) in [5.41, 5.74) is 0. The second kappa shape index (κ2) is 20.5. The van der Waals surface area contributed by atoms with E-state index in [1.165, 1.54) is 121 Å². The molecule has 23 heavy (non-hydrogen) atoms. The van der Waals surface area contributed by atoms with Crippen molar-refractivity contribution in [3.05, 3.63) is 0 Å². The number of halogens is 1. The highest BCUT2D eigenvalue weighted by atomic mass is 79.9. The molecule has 0 saturated heterocycles. The molecule has 0 fully saturated rings. The predicted octanol–water partition coefficient (Wildman–Crippen LogP) is 9.06. The van der Waals surface area contributed by atoms with E-state index in [-0.39, 0.29) is 0 Å². The molecule has 0 saturated carbocycles. The molecule has 0 heterocycles. The average Bonchev–Trinajstić information content (AvgIpc) is 2.57. The molecule has 0 aromatic heterocycles. The Bertz CT molecular complexity index is 202. The molecular weight excluding hydrogens is 344 g/mol. The van der Waals surface area contributed by atoms with Crippen LogP contribution in [-0.4, -0.2) is 5.33 Å². The van der Waals surface area contributed by atoms with Gasteiger partial charge in [-0.25, -0.2) is 0 Å². The Labute approximate surface area is 156 Å². The van der Waals surface area contributed by atoms with Gasteiger partial charge in [-0.1, -0.05) is 139 Å². The van der Waals surface area contributed by atoms with E-state index in [2.05, 4.69) is 29.8 Å². The van der Waals surface area contributed by atoms with E-state index in [9.17, 15) is 0 Å². The molecule has 140 valence electrons. The number of hydrogen-bond donors (Lipinski definition) is 0. The summed E-state index contributed by atoms with van der Waals surface area (Å²) in [6.07, 6.45) is 26.2. The molecule has 0 rings (SSSR count). The monoisotopic (exact) mass is 388 g/mol. The number of unbranched alkanes of at least 4 members (excludes halogenated alkanes) is 12. The van der Waals surface area contributed by atoms with Gasteiger partial charge in [0.15, 0.2) is 0 Å². The zero-order valence-corrected chi connectivity index (χ0v) is 18.0. The van der Waals surface area contributed by atoms with Gasteiger partial charge in [0.1, 0.15) is 0 Å². The van der Waals surface area contributed by atoms with Gasteiger partial charge in [0.05, 0.1) is 0 Å². The molecule has 0 aromatic rings. The molecular formula is C22H45Br. The van der Waals surface area contributed by atoms with E-state index < -0.39 is 0 Å².